The van der Waals surface area contributed by atoms with E-state index in [1.165, 1.54) is 0 Å². The fourth-order valence-corrected chi connectivity index (χ4v) is 1.95. The van der Waals surface area contributed by atoms with Gasteiger partial charge in [-0.1, -0.05) is 59.0 Å². The molecular weight excluding hydrogens is 313 g/mol. The number of benzene rings is 2. The van der Waals surface area contributed by atoms with Crippen LogP contribution in [-0.2, 0) is 0 Å². The number of halogens is 1. The van der Waals surface area contributed by atoms with E-state index in [1.807, 2.05) is 42.5 Å². The van der Waals surface area contributed by atoms with Crippen LogP contribution in [0.5, 0.6) is 0 Å². The minimum absolute atomic E-state index is 0.00784. The molecule has 1 N–H and O–H groups in total. The van der Waals surface area contributed by atoms with Crippen molar-refractivity contribution in [2.24, 2.45) is 0 Å². The van der Waals surface area contributed by atoms with Crippen molar-refractivity contribution >= 4 is 39.3 Å². The van der Waals surface area contributed by atoms with Crippen molar-refractivity contribution in [1.29, 1.82) is 0 Å². The summed E-state index contributed by atoms with van der Waals surface area (Å²) in [5.74, 6) is 0.00784. The molecule has 1 amide bonds. The van der Waals surface area contributed by atoms with Gasteiger partial charge < -0.3 is 5.32 Å². The van der Waals surface area contributed by atoms with Crippen molar-refractivity contribution in [2.45, 2.75) is 0 Å². The molecule has 2 nitrogen and oxygen atoms in total. The largest absolute Gasteiger partial charge is 0.351 e. The molecule has 0 bridgehead atoms. The number of fused-ring (bicyclic) bond motifs is 1. The predicted octanol–water partition coefficient (Wildman–Crippen LogP) is 3.00. The maximum atomic E-state index is 11.9. The molecule has 2 aromatic rings. The molecule has 0 aliphatic rings. The summed E-state index contributed by atoms with van der Waals surface area (Å²) < 4.78 is 0.925. The van der Waals surface area contributed by atoms with Crippen LogP contribution < -0.4 is 5.32 Å². The van der Waals surface area contributed by atoms with Gasteiger partial charge in [0.05, 0.1) is 0 Å². The van der Waals surface area contributed by atoms with Crippen molar-refractivity contribution in [3.63, 3.8) is 0 Å². The number of carbonyl (C=O) groups is 1. The lowest BCUT2D eigenvalue weighted by molar-refractivity contribution is 0.0958. The zero-order valence-corrected chi connectivity index (χ0v) is 10.9. The zero-order chi connectivity index (χ0) is 11.4. The lowest BCUT2D eigenvalue weighted by atomic mass is 10.0. The molecule has 0 saturated heterocycles. The topological polar surface area (TPSA) is 29.1 Å². The van der Waals surface area contributed by atoms with Gasteiger partial charge >= 0.3 is 0 Å². The molecule has 2 rings (SSSR count). The summed E-state index contributed by atoms with van der Waals surface area (Å²) in [6, 6.07) is 13.7. The van der Waals surface area contributed by atoms with Crippen LogP contribution >= 0.6 is 22.6 Å². The minimum Gasteiger partial charge on any atom is -0.351 e. The summed E-state index contributed by atoms with van der Waals surface area (Å²) in [4.78, 5) is 11.9. The van der Waals surface area contributed by atoms with E-state index in [9.17, 15) is 4.79 Å². The number of nitrogens with one attached hydrogen (secondary N) is 1. The van der Waals surface area contributed by atoms with E-state index in [1.54, 1.807) is 0 Å². The van der Waals surface area contributed by atoms with Gasteiger partial charge in [-0.3, -0.25) is 4.79 Å². The molecule has 0 heterocycles. The summed E-state index contributed by atoms with van der Waals surface area (Å²) in [6.07, 6.45) is 0. The van der Waals surface area contributed by atoms with Gasteiger partial charge in [-0.05, 0) is 16.8 Å². The van der Waals surface area contributed by atoms with E-state index >= 15 is 0 Å². The third-order valence-corrected chi connectivity index (χ3v) is 2.95. The average Bonchev–Trinajstić information content (AvgIpc) is 2.35. The van der Waals surface area contributed by atoms with Crippen LogP contribution in [0.3, 0.4) is 0 Å². The average molecular weight is 325 g/mol. The standard InChI is InChI=1S/C13H12INO/c14-8-9-15-13(16)12-7-3-5-10-4-1-2-6-11(10)12/h1-7H,8-9H2,(H,15,16). The molecule has 2 aromatic carbocycles. The number of amides is 1. The SMILES string of the molecule is O=C(NCCI)c1cccc2ccccc12. The first kappa shape index (κ1) is 11.4. The summed E-state index contributed by atoms with van der Waals surface area (Å²) in [7, 11) is 0. The summed E-state index contributed by atoms with van der Waals surface area (Å²) >= 11 is 2.24. The van der Waals surface area contributed by atoms with E-state index < -0.39 is 0 Å². The second kappa shape index (κ2) is 5.30. The number of carbonyl (C=O) groups excluding carboxylic acids is 1. The molecule has 0 spiro atoms. The minimum atomic E-state index is 0.00784. The number of hydrogen-bond donors (Lipinski definition) is 1. The highest BCUT2D eigenvalue weighted by molar-refractivity contribution is 14.1. The van der Waals surface area contributed by atoms with Crippen LogP contribution in [0.25, 0.3) is 10.8 Å². The van der Waals surface area contributed by atoms with Crippen LogP contribution in [0.1, 0.15) is 10.4 Å². The van der Waals surface area contributed by atoms with Crippen LogP contribution in [0.15, 0.2) is 42.5 Å². The van der Waals surface area contributed by atoms with Gasteiger partial charge in [0, 0.05) is 16.5 Å². The molecule has 82 valence electrons. The molecule has 0 aliphatic carbocycles. The van der Waals surface area contributed by atoms with Gasteiger partial charge in [-0.25, -0.2) is 0 Å². The van der Waals surface area contributed by atoms with Crippen LogP contribution in [0.2, 0.25) is 0 Å². The third-order valence-electron chi connectivity index (χ3n) is 2.41. The van der Waals surface area contributed by atoms with Gasteiger partial charge in [0.2, 0.25) is 0 Å². The Labute approximate surface area is 108 Å². The van der Waals surface area contributed by atoms with E-state index in [4.69, 9.17) is 0 Å². The lowest BCUT2D eigenvalue weighted by Gasteiger charge is -2.06. The highest BCUT2D eigenvalue weighted by atomic mass is 127. The fraction of sp³-hybridized carbons (Fsp3) is 0.154. The smallest absolute Gasteiger partial charge is 0.251 e. The third kappa shape index (κ3) is 2.35. The molecule has 16 heavy (non-hydrogen) atoms. The van der Waals surface area contributed by atoms with Crippen molar-refractivity contribution in [3.8, 4) is 0 Å². The Balaban J connectivity index is 2.40. The van der Waals surface area contributed by atoms with Gasteiger partial charge in [-0.15, -0.1) is 0 Å². The Morgan fingerprint density at radius 3 is 2.69 bits per heavy atom. The first-order valence-electron chi connectivity index (χ1n) is 5.15. The van der Waals surface area contributed by atoms with E-state index in [0.717, 1.165) is 20.8 Å². The molecule has 0 atom stereocenters. The van der Waals surface area contributed by atoms with Gasteiger partial charge in [0.25, 0.3) is 5.91 Å². The van der Waals surface area contributed by atoms with Gasteiger partial charge in [0.15, 0.2) is 0 Å². The Bertz CT molecular complexity index is 505. The predicted molar refractivity (Wildman–Crippen MR) is 75.2 cm³/mol. The molecular formula is C13H12INO. The zero-order valence-electron chi connectivity index (χ0n) is 8.74. The van der Waals surface area contributed by atoms with Gasteiger partial charge in [0.1, 0.15) is 0 Å². The molecule has 3 heteroatoms. The van der Waals surface area contributed by atoms with Crippen molar-refractivity contribution < 1.29 is 4.79 Å². The van der Waals surface area contributed by atoms with E-state index in [0.29, 0.717) is 6.54 Å². The molecule has 0 aliphatic heterocycles. The van der Waals surface area contributed by atoms with Crippen LogP contribution in [0, 0.1) is 0 Å². The summed E-state index contributed by atoms with van der Waals surface area (Å²) in [5, 5.41) is 5.01. The molecule has 0 unspecified atom stereocenters. The highest BCUT2D eigenvalue weighted by Gasteiger charge is 2.07. The first-order chi connectivity index (χ1) is 7.83. The van der Waals surface area contributed by atoms with Crippen molar-refractivity contribution in [1.82, 2.24) is 5.32 Å². The Hall–Kier alpha value is -1.10. The van der Waals surface area contributed by atoms with Crippen molar-refractivity contribution in [2.75, 3.05) is 11.0 Å². The molecule has 0 fully saturated rings. The second-order valence-electron chi connectivity index (χ2n) is 3.47. The van der Waals surface area contributed by atoms with E-state index in [2.05, 4.69) is 27.9 Å². The Morgan fingerprint density at radius 2 is 1.88 bits per heavy atom. The quantitative estimate of drug-likeness (QED) is 0.682. The molecule has 0 radical (unpaired) electrons. The van der Waals surface area contributed by atoms with E-state index in [-0.39, 0.29) is 5.91 Å². The maximum Gasteiger partial charge on any atom is 0.251 e. The normalized spacial score (nSPS) is 10.3. The lowest BCUT2D eigenvalue weighted by Crippen LogP contribution is -2.25. The van der Waals surface area contributed by atoms with Gasteiger partial charge in [-0.2, -0.15) is 0 Å². The monoisotopic (exact) mass is 325 g/mol. The number of alkyl halides is 1. The number of hydrogen-bond acceptors (Lipinski definition) is 1. The first-order valence-corrected chi connectivity index (χ1v) is 6.67. The maximum absolute atomic E-state index is 11.9. The molecule has 0 saturated carbocycles. The fourth-order valence-electron chi connectivity index (χ4n) is 1.68. The highest BCUT2D eigenvalue weighted by Crippen LogP contribution is 2.18. The van der Waals surface area contributed by atoms with Crippen LogP contribution in [-0.4, -0.2) is 16.9 Å². The number of rotatable bonds is 3. The van der Waals surface area contributed by atoms with Crippen molar-refractivity contribution in [3.05, 3.63) is 48.0 Å². The Morgan fingerprint density at radius 1 is 1.12 bits per heavy atom. The van der Waals surface area contributed by atoms with Crippen LogP contribution in [0.4, 0.5) is 0 Å². The second-order valence-corrected chi connectivity index (χ2v) is 4.55. The summed E-state index contributed by atoms with van der Waals surface area (Å²) in [6.45, 7) is 0.711. The molecule has 0 aromatic heterocycles. The summed E-state index contributed by atoms with van der Waals surface area (Å²) in [5.41, 5.74) is 0.753. The Kier molecular flexibility index (Phi) is 3.77.